The average Bonchev–Trinajstić information content (AvgIpc) is 3.10. The number of esters is 1. The lowest BCUT2D eigenvalue weighted by atomic mass is 9.33. The number of carbonyl (C=O) groups excluding carboxylic acids is 1. The van der Waals surface area contributed by atoms with Gasteiger partial charge in [0.2, 0.25) is 6.29 Å². The van der Waals surface area contributed by atoms with Crippen molar-refractivity contribution in [3.63, 3.8) is 0 Å². The van der Waals surface area contributed by atoms with Gasteiger partial charge >= 0.3 is 5.97 Å². The molecule has 0 aromatic carbocycles. The zero-order chi connectivity index (χ0) is 39.6. The number of allylic oxidation sites excluding steroid dienone is 2. The fourth-order valence-electron chi connectivity index (χ4n) is 13.2. The van der Waals surface area contributed by atoms with E-state index < -0.39 is 106 Å². The molecule has 7 aliphatic rings. The predicted molar refractivity (Wildman–Crippen MR) is 190 cm³/mol. The summed E-state index contributed by atoms with van der Waals surface area (Å²) < 4.78 is 22.7. The Morgan fingerprint density at radius 2 is 1.41 bits per heavy atom. The highest BCUT2D eigenvalue weighted by atomic mass is 16.7. The van der Waals surface area contributed by atoms with E-state index >= 15 is 0 Å². The molecule has 2 heterocycles. The first kappa shape index (κ1) is 40.9. The molecule has 0 radical (unpaired) electrons. The van der Waals surface area contributed by atoms with E-state index in [4.69, 9.17) is 18.9 Å². The highest BCUT2D eigenvalue weighted by Gasteiger charge is 2.72. The average molecular weight is 769 g/mol. The first-order valence-electron chi connectivity index (χ1n) is 20.0. The molecule has 0 spiro atoms. The molecule has 7 rings (SSSR count). The molecule has 9 N–H and O–H groups in total. The summed E-state index contributed by atoms with van der Waals surface area (Å²) in [7, 11) is 0. The lowest BCUT2D eigenvalue weighted by molar-refractivity contribution is -0.326. The van der Waals surface area contributed by atoms with Crippen molar-refractivity contribution in [1.29, 1.82) is 0 Å². The second-order valence-corrected chi connectivity index (χ2v) is 19.9. The fraction of sp³-hybridized carbons (Fsp3) is 0.925. The topological polar surface area (TPSA) is 236 Å². The van der Waals surface area contributed by atoms with E-state index in [2.05, 4.69) is 40.7 Å². The van der Waals surface area contributed by atoms with Crippen LogP contribution in [0.15, 0.2) is 11.6 Å². The van der Waals surface area contributed by atoms with Gasteiger partial charge in [0.1, 0.15) is 36.6 Å². The van der Waals surface area contributed by atoms with E-state index in [1.165, 1.54) is 5.57 Å². The third-order valence-electron chi connectivity index (χ3n) is 16.5. The van der Waals surface area contributed by atoms with E-state index in [1.807, 2.05) is 0 Å². The number of hydrogen-bond donors (Lipinski definition) is 9. The minimum atomic E-state index is -1.69. The maximum absolute atomic E-state index is 14.6. The summed E-state index contributed by atoms with van der Waals surface area (Å²) in [4.78, 5) is 14.6. The third-order valence-corrected chi connectivity index (χ3v) is 16.5. The molecule has 0 bridgehead atoms. The largest absolute Gasteiger partial charge is 0.432 e. The van der Waals surface area contributed by atoms with Crippen molar-refractivity contribution in [2.75, 3.05) is 19.8 Å². The van der Waals surface area contributed by atoms with Gasteiger partial charge in [-0.15, -0.1) is 0 Å². The minimum absolute atomic E-state index is 0.0205. The summed E-state index contributed by atoms with van der Waals surface area (Å²) in [5.41, 5.74) is -2.39. The molecule has 14 nitrogen and oxygen atoms in total. The number of ether oxygens (including phenoxy) is 4. The Hall–Kier alpha value is -1.27. The zero-order valence-electron chi connectivity index (χ0n) is 32.5. The van der Waals surface area contributed by atoms with Gasteiger partial charge in [0, 0.05) is 11.3 Å². The maximum Gasteiger partial charge on any atom is 0.315 e. The molecule has 0 aromatic heterocycles. The zero-order valence-corrected chi connectivity index (χ0v) is 32.5. The second-order valence-electron chi connectivity index (χ2n) is 19.9. The highest BCUT2D eigenvalue weighted by Crippen LogP contribution is 2.76. The summed E-state index contributed by atoms with van der Waals surface area (Å²) >= 11 is 0. The number of aliphatic hydroxyl groups excluding tert-OH is 9. The molecular weight excluding hydrogens is 704 g/mol. The Balaban J connectivity index is 1.15. The van der Waals surface area contributed by atoms with Crippen LogP contribution in [0.25, 0.3) is 0 Å². The Bertz CT molecular complexity index is 1470. The summed E-state index contributed by atoms with van der Waals surface area (Å²) in [6.45, 7) is 11.8. The standard InChI is InChI=1S/C40H64O14/c1-35(2)9-11-40(34(50)54-33-29(48)27(46)24(17-52-33)53-32-28(47)26(45)23(44)16-51-32)12-10-38(5)19(20(40)13-35)7-8-25-36(3)14-22(43)31(49)37(4,18-41)30(36)21(42)15-39(25,38)6/h7,20-33,41-49H,8-18H2,1-6H3/t20?,21-,22-,23?,24?,25?,26?,27?,28?,29?,30?,31+,32?,33?,36-,37+,38-,39-,40+/m1/s1. The molecule has 19 atom stereocenters. The van der Waals surface area contributed by atoms with Gasteiger partial charge in [-0.05, 0) is 84.9 Å². The SMILES string of the molecule is CC1(C)CC[C@]2(C(=O)OC3OCC(OC4OCC(O)C(O)C4O)C(O)C3O)CC[C@]3(C)C(=CCC4[C@@]5(C)C[C@@H](O)[C@H](O)[C@@](C)(CO)C5[C@H](O)C[C@]43C)C2C1. The summed E-state index contributed by atoms with van der Waals surface area (Å²) in [6, 6.07) is 0. The quantitative estimate of drug-likeness (QED) is 0.137. The molecular formula is C40H64O14. The van der Waals surface area contributed by atoms with Gasteiger partial charge in [-0.1, -0.05) is 53.2 Å². The predicted octanol–water partition coefficient (Wildman–Crippen LogP) is 0.509. The summed E-state index contributed by atoms with van der Waals surface area (Å²) in [5, 5.41) is 97.3. The van der Waals surface area contributed by atoms with E-state index in [0.717, 1.165) is 12.8 Å². The van der Waals surface area contributed by atoms with Crippen LogP contribution in [0.2, 0.25) is 0 Å². The number of fused-ring (bicyclic) bond motifs is 7. The van der Waals surface area contributed by atoms with Crippen LogP contribution >= 0.6 is 0 Å². The molecule has 308 valence electrons. The Kier molecular flexibility index (Phi) is 10.3. The van der Waals surface area contributed by atoms with E-state index in [0.29, 0.717) is 38.5 Å². The first-order valence-corrected chi connectivity index (χ1v) is 20.0. The van der Waals surface area contributed by atoms with Crippen LogP contribution in [0.3, 0.4) is 0 Å². The summed E-state index contributed by atoms with van der Waals surface area (Å²) in [5.74, 6) is -1.12. The van der Waals surface area contributed by atoms with Gasteiger partial charge in [-0.25, -0.2) is 0 Å². The Morgan fingerprint density at radius 3 is 2.09 bits per heavy atom. The monoisotopic (exact) mass is 768 g/mol. The van der Waals surface area contributed by atoms with Crippen LogP contribution in [0.1, 0.15) is 92.9 Å². The highest BCUT2D eigenvalue weighted by molar-refractivity contribution is 5.79. The fourth-order valence-corrected chi connectivity index (χ4v) is 13.2. The molecule has 0 aromatic rings. The van der Waals surface area contributed by atoms with Gasteiger partial charge in [0.25, 0.3) is 0 Å². The van der Waals surface area contributed by atoms with Crippen LogP contribution < -0.4 is 0 Å². The normalized spacial score (nSPS) is 55.6. The molecule has 2 saturated heterocycles. The number of hydrogen-bond acceptors (Lipinski definition) is 14. The van der Waals surface area contributed by atoms with Gasteiger partial charge in [-0.3, -0.25) is 4.79 Å². The number of carbonyl (C=O) groups is 1. The molecule has 14 heteroatoms. The van der Waals surface area contributed by atoms with Crippen LogP contribution in [0.4, 0.5) is 0 Å². The molecule has 6 fully saturated rings. The van der Waals surface area contributed by atoms with Crippen molar-refractivity contribution >= 4 is 5.97 Å². The second kappa shape index (κ2) is 13.7. The molecule has 2 aliphatic heterocycles. The lowest BCUT2D eigenvalue weighted by Crippen LogP contribution is -2.71. The van der Waals surface area contributed by atoms with Crippen molar-refractivity contribution < 1.29 is 69.7 Å². The van der Waals surface area contributed by atoms with Crippen molar-refractivity contribution in [3.05, 3.63) is 11.6 Å². The van der Waals surface area contributed by atoms with Gasteiger partial charge < -0.3 is 64.9 Å². The summed E-state index contributed by atoms with van der Waals surface area (Å²) in [6.07, 6.45) is -7.95. The third kappa shape index (κ3) is 5.83. The van der Waals surface area contributed by atoms with E-state index in [1.54, 1.807) is 6.92 Å². The Morgan fingerprint density at radius 1 is 0.759 bits per heavy atom. The van der Waals surface area contributed by atoms with Crippen LogP contribution in [0.5, 0.6) is 0 Å². The smallest absolute Gasteiger partial charge is 0.315 e. The van der Waals surface area contributed by atoms with Gasteiger partial charge in [0.05, 0.1) is 43.5 Å². The number of aliphatic hydroxyl groups is 9. The Labute approximate surface area is 317 Å². The molecule has 0 amide bonds. The molecule has 4 saturated carbocycles. The van der Waals surface area contributed by atoms with Gasteiger partial charge in [0.15, 0.2) is 6.29 Å². The van der Waals surface area contributed by atoms with Crippen molar-refractivity contribution in [2.45, 2.75) is 160 Å². The van der Waals surface area contributed by atoms with Crippen molar-refractivity contribution in [1.82, 2.24) is 0 Å². The van der Waals surface area contributed by atoms with Crippen molar-refractivity contribution in [2.24, 2.45) is 50.2 Å². The van der Waals surface area contributed by atoms with Crippen LogP contribution in [-0.4, -0.2) is 139 Å². The first-order chi connectivity index (χ1) is 25.1. The van der Waals surface area contributed by atoms with Crippen LogP contribution in [-0.2, 0) is 23.7 Å². The molecule has 5 aliphatic carbocycles. The lowest BCUT2D eigenvalue weighted by Gasteiger charge is -2.72. The number of rotatable bonds is 5. The van der Waals surface area contributed by atoms with Gasteiger partial charge in [-0.2, -0.15) is 0 Å². The molecule has 11 unspecified atom stereocenters. The molecule has 54 heavy (non-hydrogen) atoms. The minimum Gasteiger partial charge on any atom is -0.432 e. The van der Waals surface area contributed by atoms with Crippen molar-refractivity contribution in [3.8, 4) is 0 Å². The van der Waals surface area contributed by atoms with E-state index in [9.17, 15) is 50.8 Å². The maximum atomic E-state index is 14.6. The van der Waals surface area contributed by atoms with E-state index in [-0.39, 0.29) is 37.1 Å². The van der Waals surface area contributed by atoms with Crippen LogP contribution in [0, 0.1) is 50.2 Å².